The van der Waals surface area contributed by atoms with Crippen molar-refractivity contribution < 1.29 is 10.4 Å². The standard InChI is InChI=1S/C20H25NO/c1-3-17-19(16-12-8-5-9-13-16)21-18(14-20(17,2)22)15-10-6-4-7-11-15/h4-13,17-19,21-22H,3,14H2,1-2H3/p+1/t17-,18-,19-,20+/m0/s1. The highest BCUT2D eigenvalue weighted by Gasteiger charge is 2.47. The van der Waals surface area contributed by atoms with Crippen molar-refractivity contribution in [3.63, 3.8) is 0 Å². The Balaban J connectivity index is 1.95. The molecule has 1 aliphatic rings. The molecule has 0 radical (unpaired) electrons. The van der Waals surface area contributed by atoms with Gasteiger partial charge in [0.2, 0.25) is 0 Å². The summed E-state index contributed by atoms with van der Waals surface area (Å²) in [5, 5.41) is 13.5. The monoisotopic (exact) mass is 296 g/mol. The van der Waals surface area contributed by atoms with Crippen LogP contribution in [0.4, 0.5) is 0 Å². The molecule has 2 aromatic rings. The maximum absolute atomic E-state index is 11.1. The first kappa shape index (κ1) is 15.3. The van der Waals surface area contributed by atoms with Crippen molar-refractivity contribution in [1.82, 2.24) is 0 Å². The Morgan fingerprint density at radius 3 is 2.09 bits per heavy atom. The molecule has 0 bridgehead atoms. The van der Waals surface area contributed by atoms with Crippen molar-refractivity contribution in [2.75, 3.05) is 0 Å². The first-order chi connectivity index (χ1) is 10.6. The first-order valence-corrected chi connectivity index (χ1v) is 8.29. The van der Waals surface area contributed by atoms with E-state index in [-0.39, 0.29) is 5.92 Å². The van der Waals surface area contributed by atoms with Gasteiger partial charge >= 0.3 is 0 Å². The molecule has 0 saturated carbocycles. The van der Waals surface area contributed by atoms with Crippen LogP contribution in [0.25, 0.3) is 0 Å². The van der Waals surface area contributed by atoms with Gasteiger partial charge in [0.25, 0.3) is 0 Å². The molecule has 1 aliphatic heterocycles. The van der Waals surface area contributed by atoms with E-state index in [4.69, 9.17) is 0 Å². The van der Waals surface area contributed by atoms with E-state index < -0.39 is 5.60 Å². The van der Waals surface area contributed by atoms with Crippen LogP contribution < -0.4 is 5.32 Å². The van der Waals surface area contributed by atoms with Crippen LogP contribution in [-0.2, 0) is 0 Å². The van der Waals surface area contributed by atoms with E-state index in [2.05, 4.69) is 66.8 Å². The van der Waals surface area contributed by atoms with Crippen LogP contribution >= 0.6 is 0 Å². The van der Waals surface area contributed by atoms with Crippen molar-refractivity contribution in [1.29, 1.82) is 0 Å². The minimum atomic E-state index is -0.634. The minimum absolute atomic E-state index is 0.273. The zero-order valence-electron chi connectivity index (χ0n) is 13.4. The Morgan fingerprint density at radius 1 is 1.00 bits per heavy atom. The number of hydrogen-bond donors (Lipinski definition) is 2. The molecule has 116 valence electrons. The molecule has 22 heavy (non-hydrogen) atoms. The molecule has 1 heterocycles. The molecule has 0 aromatic heterocycles. The van der Waals surface area contributed by atoms with Gasteiger partial charge in [0.05, 0.1) is 5.60 Å². The molecule has 3 rings (SSSR count). The van der Waals surface area contributed by atoms with Gasteiger partial charge in [0.1, 0.15) is 12.1 Å². The van der Waals surface area contributed by atoms with Gasteiger partial charge in [-0.3, -0.25) is 0 Å². The lowest BCUT2D eigenvalue weighted by atomic mass is 9.71. The van der Waals surface area contributed by atoms with Crippen LogP contribution in [-0.4, -0.2) is 10.7 Å². The molecule has 4 atom stereocenters. The van der Waals surface area contributed by atoms with Gasteiger partial charge < -0.3 is 10.4 Å². The van der Waals surface area contributed by atoms with Crippen molar-refractivity contribution in [2.45, 2.75) is 44.4 Å². The Bertz CT molecular complexity index is 594. The highest BCUT2D eigenvalue weighted by molar-refractivity contribution is 5.22. The van der Waals surface area contributed by atoms with Gasteiger partial charge in [-0.1, -0.05) is 67.6 Å². The van der Waals surface area contributed by atoms with Gasteiger partial charge in [0.15, 0.2) is 0 Å². The smallest absolute Gasteiger partial charge is 0.118 e. The molecule has 0 unspecified atom stereocenters. The minimum Gasteiger partial charge on any atom is -0.389 e. The van der Waals surface area contributed by atoms with Crippen LogP contribution in [0.15, 0.2) is 60.7 Å². The fourth-order valence-electron chi connectivity index (χ4n) is 4.08. The van der Waals surface area contributed by atoms with Gasteiger partial charge in [-0.25, -0.2) is 0 Å². The summed E-state index contributed by atoms with van der Waals surface area (Å²) in [4.78, 5) is 0. The van der Waals surface area contributed by atoms with E-state index in [0.717, 1.165) is 12.8 Å². The van der Waals surface area contributed by atoms with Crippen LogP contribution in [0.3, 0.4) is 0 Å². The molecule has 0 amide bonds. The number of hydrogen-bond acceptors (Lipinski definition) is 1. The Hall–Kier alpha value is -1.64. The SMILES string of the molecule is CC[C@H]1[C@H](c2ccccc2)[NH2+][C@H](c2ccccc2)C[C@@]1(C)O. The maximum Gasteiger partial charge on any atom is 0.118 e. The topological polar surface area (TPSA) is 36.8 Å². The fraction of sp³-hybridized carbons (Fsp3) is 0.400. The molecule has 0 spiro atoms. The predicted octanol–water partition coefficient (Wildman–Crippen LogP) is 3.21. The molecule has 3 N–H and O–H groups in total. The molecular weight excluding hydrogens is 270 g/mol. The van der Waals surface area contributed by atoms with Crippen molar-refractivity contribution >= 4 is 0 Å². The second-order valence-electron chi connectivity index (χ2n) is 6.72. The number of aliphatic hydroxyl groups is 1. The number of piperidine rings is 1. The van der Waals surface area contributed by atoms with E-state index in [1.165, 1.54) is 11.1 Å². The van der Waals surface area contributed by atoms with Crippen molar-refractivity contribution in [3.8, 4) is 0 Å². The van der Waals surface area contributed by atoms with Gasteiger partial charge in [0, 0.05) is 23.5 Å². The lowest BCUT2D eigenvalue weighted by Gasteiger charge is -2.44. The summed E-state index contributed by atoms with van der Waals surface area (Å²) >= 11 is 0. The normalized spacial score (nSPS) is 31.9. The molecule has 1 saturated heterocycles. The fourth-order valence-corrected chi connectivity index (χ4v) is 4.08. The third kappa shape index (κ3) is 2.94. The average Bonchev–Trinajstić information content (AvgIpc) is 2.55. The quantitative estimate of drug-likeness (QED) is 0.896. The Labute approximate surface area is 133 Å². The van der Waals surface area contributed by atoms with E-state index in [1.54, 1.807) is 0 Å². The van der Waals surface area contributed by atoms with Gasteiger partial charge in [-0.2, -0.15) is 0 Å². The highest BCUT2D eigenvalue weighted by atomic mass is 16.3. The largest absolute Gasteiger partial charge is 0.389 e. The Kier molecular flexibility index (Phi) is 4.32. The summed E-state index contributed by atoms with van der Waals surface area (Å²) in [6, 6.07) is 21.8. The average molecular weight is 296 g/mol. The van der Waals surface area contributed by atoms with Crippen LogP contribution in [0.1, 0.15) is 49.9 Å². The van der Waals surface area contributed by atoms with Crippen LogP contribution in [0.5, 0.6) is 0 Å². The van der Waals surface area contributed by atoms with E-state index >= 15 is 0 Å². The summed E-state index contributed by atoms with van der Waals surface area (Å²) in [6.07, 6.45) is 1.80. The number of benzene rings is 2. The van der Waals surface area contributed by atoms with Crippen LogP contribution in [0.2, 0.25) is 0 Å². The molecular formula is C20H26NO+. The third-order valence-corrected chi connectivity index (χ3v) is 5.16. The van der Waals surface area contributed by atoms with Crippen LogP contribution in [0, 0.1) is 5.92 Å². The first-order valence-electron chi connectivity index (χ1n) is 8.29. The molecule has 2 aromatic carbocycles. The summed E-state index contributed by atoms with van der Waals surface area (Å²) in [6.45, 7) is 4.20. The molecule has 2 heteroatoms. The highest BCUT2D eigenvalue weighted by Crippen LogP contribution is 2.40. The van der Waals surface area contributed by atoms with Crippen molar-refractivity contribution in [3.05, 3.63) is 71.8 Å². The van der Waals surface area contributed by atoms with Gasteiger partial charge in [-0.05, 0) is 13.3 Å². The number of quaternary nitrogens is 1. The number of nitrogens with two attached hydrogens (primary N) is 1. The predicted molar refractivity (Wildman–Crippen MR) is 89.3 cm³/mol. The molecule has 0 aliphatic carbocycles. The summed E-state index contributed by atoms with van der Waals surface area (Å²) in [5.41, 5.74) is 1.98. The summed E-state index contributed by atoms with van der Waals surface area (Å²) < 4.78 is 0. The second-order valence-corrected chi connectivity index (χ2v) is 6.72. The maximum atomic E-state index is 11.1. The second kappa shape index (κ2) is 6.23. The van der Waals surface area contributed by atoms with E-state index in [9.17, 15) is 5.11 Å². The van der Waals surface area contributed by atoms with E-state index in [0.29, 0.717) is 12.1 Å². The van der Waals surface area contributed by atoms with Crippen molar-refractivity contribution in [2.24, 2.45) is 5.92 Å². The zero-order valence-corrected chi connectivity index (χ0v) is 13.4. The van der Waals surface area contributed by atoms with E-state index in [1.807, 2.05) is 13.0 Å². The van der Waals surface area contributed by atoms with Gasteiger partial charge in [-0.15, -0.1) is 0 Å². The Morgan fingerprint density at radius 2 is 1.55 bits per heavy atom. The molecule has 2 nitrogen and oxygen atoms in total. The zero-order chi connectivity index (χ0) is 15.6. The lowest BCUT2D eigenvalue weighted by Crippen LogP contribution is -2.91. The molecule has 1 fully saturated rings. The lowest BCUT2D eigenvalue weighted by molar-refractivity contribution is -0.756. The third-order valence-electron chi connectivity index (χ3n) is 5.16. The summed E-state index contributed by atoms with van der Waals surface area (Å²) in [7, 11) is 0. The number of rotatable bonds is 3. The summed E-state index contributed by atoms with van der Waals surface area (Å²) in [5.74, 6) is 0.273.